The number of halogens is 1. The molecular weight excluding hydrogens is 231 g/mol. The number of anilines is 1. The Morgan fingerprint density at radius 2 is 1.78 bits per heavy atom. The Morgan fingerprint density at radius 1 is 1.11 bits per heavy atom. The first-order valence-electron chi connectivity index (χ1n) is 5.76. The molecule has 0 saturated heterocycles. The third kappa shape index (κ3) is 3.24. The molecule has 18 heavy (non-hydrogen) atoms. The summed E-state index contributed by atoms with van der Waals surface area (Å²) in [7, 11) is 0. The molecule has 0 spiro atoms. The first-order chi connectivity index (χ1) is 8.79. The molecule has 0 aliphatic rings. The Kier molecular flexibility index (Phi) is 4.20. The van der Waals surface area contributed by atoms with E-state index >= 15 is 0 Å². The summed E-state index contributed by atoms with van der Waals surface area (Å²) in [6.07, 6.45) is 2.33. The van der Waals surface area contributed by atoms with Gasteiger partial charge in [-0.15, -0.1) is 0 Å². The highest BCUT2D eigenvalue weighted by Crippen LogP contribution is 2.11. The molecule has 0 amide bonds. The van der Waals surface area contributed by atoms with Gasteiger partial charge in [-0.05, 0) is 5.56 Å². The van der Waals surface area contributed by atoms with Gasteiger partial charge in [-0.25, -0.2) is 14.4 Å². The Labute approximate surface area is 105 Å². The average molecular weight is 246 g/mol. The molecule has 0 saturated carbocycles. The maximum atomic E-state index is 12.8. The molecule has 5 heteroatoms. The molecule has 1 aromatic heterocycles. The van der Waals surface area contributed by atoms with E-state index < -0.39 is 5.82 Å². The highest BCUT2D eigenvalue weighted by molar-refractivity contribution is 5.31. The second-order valence-corrected chi connectivity index (χ2v) is 3.90. The van der Waals surface area contributed by atoms with Crippen molar-refractivity contribution in [3.8, 4) is 0 Å². The van der Waals surface area contributed by atoms with Crippen LogP contribution in [-0.4, -0.2) is 23.1 Å². The minimum atomic E-state index is -0.439. The Morgan fingerprint density at radius 3 is 2.39 bits per heavy atom. The molecule has 1 aromatic carbocycles. The van der Waals surface area contributed by atoms with Crippen molar-refractivity contribution in [1.82, 2.24) is 9.97 Å². The Hall–Kier alpha value is -2.01. The molecule has 1 heterocycles. The predicted octanol–water partition coefficient (Wildman–Crippen LogP) is 1.58. The van der Waals surface area contributed by atoms with E-state index in [0.717, 1.165) is 18.0 Å². The van der Waals surface area contributed by atoms with Crippen LogP contribution in [0.2, 0.25) is 0 Å². The number of aromatic nitrogens is 2. The Balaban J connectivity index is 2.15. The largest absolute Gasteiger partial charge is 0.335 e. The molecule has 0 aliphatic carbocycles. The molecular formula is C13H15FN4. The summed E-state index contributed by atoms with van der Waals surface area (Å²) in [6.45, 7) is 1.78. The van der Waals surface area contributed by atoms with Crippen molar-refractivity contribution in [2.75, 3.05) is 18.0 Å². The summed E-state index contributed by atoms with van der Waals surface area (Å²) in [5.74, 6) is 0.0527. The summed E-state index contributed by atoms with van der Waals surface area (Å²) in [6, 6.07) is 9.95. The van der Waals surface area contributed by atoms with E-state index in [1.54, 1.807) is 0 Å². The van der Waals surface area contributed by atoms with Crippen LogP contribution in [0.3, 0.4) is 0 Å². The van der Waals surface area contributed by atoms with E-state index in [-0.39, 0.29) is 0 Å². The van der Waals surface area contributed by atoms with Gasteiger partial charge in [0.1, 0.15) is 0 Å². The van der Waals surface area contributed by atoms with Crippen LogP contribution in [0, 0.1) is 5.82 Å². The van der Waals surface area contributed by atoms with Gasteiger partial charge in [-0.3, -0.25) is 0 Å². The highest BCUT2D eigenvalue weighted by atomic mass is 19.1. The van der Waals surface area contributed by atoms with Gasteiger partial charge in [0.15, 0.2) is 5.82 Å². The lowest BCUT2D eigenvalue weighted by molar-refractivity contribution is 0.610. The van der Waals surface area contributed by atoms with Crippen molar-refractivity contribution in [1.29, 1.82) is 0 Å². The number of nitrogens with two attached hydrogens (primary N) is 1. The fourth-order valence-electron chi connectivity index (χ4n) is 1.68. The van der Waals surface area contributed by atoms with Gasteiger partial charge in [0, 0.05) is 19.6 Å². The Bertz CT molecular complexity index is 472. The first-order valence-corrected chi connectivity index (χ1v) is 5.76. The van der Waals surface area contributed by atoms with Gasteiger partial charge in [0.2, 0.25) is 5.95 Å². The zero-order valence-corrected chi connectivity index (χ0v) is 9.96. The summed E-state index contributed by atoms with van der Waals surface area (Å²) >= 11 is 0. The quantitative estimate of drug-likeness (QED) is 0.870. The molecule has 4 nitrogen and oxygen atoms in total. The zero-order chi connectivity index (χ0) is 12.8. The molecule has 2 N–H and O–H groups in total. The van der Waals surface area contributed by atoms with E-state index in [4.69, 9.17) is 5.73 Å². The lowest BCUT2D eigenvalue weighted by atomic mass is 10.2. The van der Waals surface area contributed by atoms with E-state index in [9.17, 15) is 4.39 Å². The van der Waals surface area contributed by atoms with Crippen molar-refractivity contribution < 1.29 is 4.39 Å². The predicted molar refractivity (Wildman–Crippen MR) is 68.5 cm³/mol. The molecule has 2 rings (SSSR count). The van der Waals surface area contributed by atoms with E-state index in [0.29, 0.717) is 25.6 Å². The van der Waals surface area contributed by atoms with Gasteiger partial charge >= 0.3 is 0 Å². The lowest BCUT2D eigenvalue weighted by Gasteiger charge is -2.21. The first kappa shape index (κ1) is 12.4. The van der Waals surface area contributed by atoms with Crippen molar-refractivity contribution in [3.05, 3.63) is 54.1 Å². The summed E-state index contributed by atoms with van der Waals surface area (Å²) in [4.78, 5) is 9.88. The van der Waals surface area contributed by atoms with Crippen LogP contribution in [0.4, 0.5) is 10.3 Å². The van der Waals surface area contributed by atoms with Crippen molar-refractivity contribution in [2.24, 2.45) is 5.73 Å². The second-order valence-electron chi connectivity index (χ2n) is 3.90. The van der Waals surface area contributed by atoms with E-state index in [1.165, 1.54) is 0 Å². The van der Waals surface area contributed by atoms with Crippen LogP contribution in [0.15, 0.2) is 42.7 Å². The smallest absolute Gasteiger partial charge is 0.225 e. The molecule has 0 radical (unpaired) electrons. The third-order valence-corrected chi connectivity index (χ3v) is 2.50. The third-order valence-electron chi connectivity index (χ3n) is 2.50. The van der Waals surface area contributed by atoms with Crippen LogP contribution >= 0.6 is 0 Å². The zero-order valence-electron chi connectivity index (χ0n) is 9.96. The maximum absolute atomic E-state index is 12.8. The fraction of sp³-hybridized carbons (Fsp3) is 0.231. The summed E-state index contributed by atoms with van der Waals surface area (Å²) in [5, 5.41) is 0. The fourth-order valence-corrected chi connectivity index (χ4v) is 1.68. The van der Waals surface area contributed by atoms with E-state index in [2.05, 4.69) is 9.97 Å². The normalized spacial score (nSPS) is 10.3. The summed E-state index contributed by atoms with van der Waals surface area (Å²) < 4.78 is 12.8. The monoisotopic (exact) mass is 246 g/mol. The standard InChI is InChI=1S/C13H15FN4/c14-12-8-16-13(17-9-12)18(7-6-15)10-11-4-2-1-3-5-11/h1-5,8-9H,6-7,10,15H2. The van der Waals surface area contributed by atoms with Crippen LogP contribution < -0.4 is 10.6 Å². The lowest BCUT2D eigenvalue weighted by Crippen LogP contribution is -2.30. The highest BCUT2D eigenvalue weighted by Gasteiger charge is 2.09. The molecule has 94 valence electrons. The van der Waals surface area contributed by atoms with Gasteiger partial charge in [0.25, 0.3) is 0 Å². The number of rotatable bonds is 5. The summed E-state index contributed by atoms with van der Waals surface area (Å²) in [5.41, 5.74) is 6.72. The number of nitrogens with zero attached hydrogens (tertiary/aromatic N) is 3. The van der Waals surface area contributed by atoms with Gasteiger partial charge < -0.3 is 10.6 Å². The number of hydrogen-bond acceptors (Lipinski definition) is 4. The van der Waals surface area contributed by atoms with Crippen molar-refractivity contribution >= 4 is 5.95 Å². The molecule has 0 bridgehead atoms. The minimum absolute atomic E-state index is 0.439. The van der Waals surface area contributed by atoms with Crippen LogP contribution in [0.1, 0.15) is 5.56 Å². The number of benzene rings is 1. The van der Waals surface area contributed by atoms with Crippen LogP contribution in [-0.2, 0) is 6.54 Å². The van der Waals surface area contributed by atoms with Crippen LogP contribution in [0.25, 0.3) is 0 Å². The van der Waals surface area contributed by atoms with Crippen molar-refractivity contribution in [2.45, 2.75) is 6.54 Å². The molecule has 0 atom stereocenters. The molecule has 2 aromatic rings. The van der Waals surface area contributed by atoms with Gasteiger partial charge in [0.05, 0.1) is 12.4 Å². The maximum Gasteiger partial charge on any atom is 0.225 e. The average Bonchev–Trinajstić information content (AvgIpc) is 2.40. The second kappa shape index (κ2) is 6.07. The van der Waals surface area contributed by atoms with Gasteiger partial charge in [-0.1, -0.05) is 30.3 Å². The van der Waals surface area contributed by atoms with Crippen LogP contribution in [0.5, 0.6) is 0 Å². The number of hydrogen-bond donors (Lipinski definition) is 1. The van der Waals surface area contributed by atoms with Gasteiger partial charge in [-0.2, -0.15) is 0 Å². The molecule has 0 aliphatic heterocycles. The molecule has 0 fully saturated rings. The SMILES string of the molecule is NCCN(Cc1ccccc1)c1ncc(F)cn1. The minimum Gasteiger partial charge on any atom is -0.335 e. The van der Waals surface area contributed by atoms with Crippen molar-refractivity contribution in [3.63, 3.8) is 0 Å². The molecule has 0 unspecified atom stereocenters. The van der Waals surface area contributed by atoms with E-state index in [1.807, 2.05) is 35.2 Å². The topological polar surface area (TPSA) is 55.0 Å².